The topological polar surface area (TPSA) is 122 Å². The minimum atomic E-state index is -4.64. The van der Waals surface area contributed by atoms with Gasteiger partial charge in [0.2, 0.25) is 0 Å². The zero-order valence-corrected chi connectivity index (χ0v) is 22.2. The number of aromatic nitrogens is 1. The van der Waals surface area contributed by atoms with Crippen LogP contribution in [0.2, 0.25) is 0 Å². The Kier molecular flexibility index (Phi) is 9.57. The highest BCUT2D eigenvalue weighted by atomic mass is 19.4. The Balaban J connectivity index is 1.52. The lowest BCUT2D eigenvalue weighted by Gasteiger charge is -2.27. The van der Waals surface area contributed by atoms with Gasteiger partial charge >= 0.3 is 18.3 Å². The number of nitrogens with zero attached hydrogens (tertiary/aromatic N) is 2. The predicted octanol–water partition coefficient (Wildman–Crippen LogP) is 4.47. The first kappa shape index (κ1) is 30.2. The van der Waals surface area contributed by atoms with Gasteiger partial charge in [-0.2, -0.15) is 13.2 Å². The Labute approximate surface area is 238 Å². The van der Waals surface area contributed by atoms with Crippen LogP contribution in [0.3, 0.4) is 0 Å². The quantitative estimate of drug-likeness (QED) is 0.300. The number of hydrogen-bond donors (Lipinski definition) is 3. The molecule has 3 aromatic rings. The Bertz CT molecular complexity index is 1410. The maximum Gasteiger partial charge on any atom is 0.410 e. The minimum absolute atomic E-state index is 0.0357. The molecule has 0 aliphatic carbocycles. The SMILES string of the molecule is COC[C@H](c1ccnc(NC(=O)[C@@H](NC(=O)OCc2ccccc2)c2cccc(F)c2)c1)N1C[C@@H](C(F)(F)F)NC1=O. The fourth-order valence-electron chi connectivity index (χ4n) is 4.33. The average Bonchev–Trinajstić information content (AvgIpc) is 3.36. The summed E-state index contributed by atoms with van der Waals surface area (Å²) in [5.41, 5.74) is 1.15. The lowest BCUT2D eigenvalue weighted by molar-refractivity contribution is -0.150. The van der Waals surface area contributed by atoms with E-state index in [1.165, 1.54) is 43.6 Å². The second kappa shape index (κ2) is 13.3. The minimum Gasteiger partial charge on any atom is -0.445 e. The van der Waals surface area contributed by atoms with Gasteiger partial charge in [0.25, 0.3) is 5.91 Å². The lowest BCUT2D eigenvalue weighted by atomic mass is 10.1. The summed E-state index contributed by atoms with van der Waals surface area (Å²) in [6, 6.07) is 11.4. The Morgan fingerprint density at radius 1 is 1.10 bits per heavy atom. The fourth-order valence-corrected chi connectivity index (χ4v) is 4.33. The number of amides is 4. The summed E-state index contributed by atoms with van der Waals surface area (Å²) < 4.78 is 64.1. The standard InChI is InChI=1S/C28H27F4N5O5/c1-41-16-21(37-14-22(28(30,31)32)34-26(37)39)18-10-11-33-23(13-18)35-25(38)24(19-8-5-9-20(29)12-19)36-27(40)42-15-17-6-3-2-4-7-17/h2-13,21-22,24H,14-16H2,1H3,(H,34,39)(H,36,40)(H,33,35,38)/t21-,22+,24+/m1/s1. The molecule has 1 saturated heterocycles. The number of benzene rings is 2. The summed E-state index contributed by atoms with van der Waals surface area (Å²) >= 11 is 0. The number of hydrogen-bond acceptors (Lipinski definition) is 6. The van der Waals surface area contributed by atoms with Crippen molar-refractivity contribution < 1.29 is 41.4 Å². The van der Waals surface area contributed by atoms with Crippen LogP contribution >= 0.6 is 0 Å². The molecule has 3 N–H and O–H groups in total. The first-order valence-electron chi connectivity index (χ1n) is 12.7. The first-order valence-corrected chi connectivity index (χ1v) is 12.7. The molecule has 3 atom stereocenters. The van der Waals surface area contributed by atoms with Crippen LogP contribution < -0.4 is 16.0 Å². The summed E-state index contributed by atoms with van der Waals surface area (Å²) in [6.45, 7) is -0.860. The Morgan fingerprint density at radius 3 is 2.52 bits per heavy atom. The van der Waals surface area contributed by atoms with Crippen LogP contribution in [-0.2, 0) is 20.9 Å². The monoisotopic (exact) mass is 589 g/mol. The van der Waals surface area contributed by atoms with Gasteiger partial charge in [-0.05, 0) is 41.0 Å². The molecule has 2 heterocycles. The molecule has 4 amide bonds. The third-order valence-corrected chi connectivity index (χ3v) is 6.37. The van der Waals surface area contributed by atoms with Gasteiger partial charge in [-0.25, -0.2) is 19.0 Å². The number of halogens is 4. The summed E-state index contributed by atoms with van der Waals surface area (Å²) in [5.74, 6) is -1.49. The number of carbonyl (C=O) groups excluding carboxylic acids is 3. The average molecular weight is 590 g/mol. The molecule has 222 valence electrons. The molecule has 1 aromatic heterocycles. The molecule has 0 spiro atoms. The first-order chi connectivity index (χ1) is 20.0. The molecular formula is C28H27F4N5O5. The van der Waals surface area contributed by atoms with E-state index >= 15 is 0 Å². The number of carbonyl (C=O) groups is 3. The van der Waals surface area contributed by atoms with Crippen molar-refractivity contribution in [3.63, 3.8) is 0 Å². The summed E-state index contributed by atoms with van der Waals surface area (Å²) in [7, 11) is 1.33. The summed E-state index contributed by atoms with van der Waals surface area (Å²) in [6.07, 6.45) is -4.29. The Hall–Kier alpha value is -4.72. The van der Waals surface area contributed by atoms with E-state index < -0.39 is 54.7 Å². The molecular weight excluding hydrogens is 562 g/mol. The van der Waals surface area contributed by atoms with Gasteiger partial charge in [0.15, 0.2) is 0 Å². The number of nitrogens with one attached hydrogen (secondary N) is 3. The third kappa shape index (κ3) is 7.72. The number of alkyl carbamates (subject to hydrolysis) is 1. The van der Waals surface area contributed by atoms with Crippen molar-refractivity contribution in [3.05, 3.63) is 95.4 Å². The van der Waals surface area contributed by atoms with Crippen LogP contribution in [0.4, 0.5) is 33.0 Å². The Morgan fingerprint density at radius 2 is 1.86 bits per heavy atom. The van der Waals surface area contributed by atoms with Crippen molar-refractivity contribution in [2.75, 3.05) is 25.6 Å². The zero-order valence-electron chi connectivity index (χ0n) is 22.2. The molecule has 2 aromatic carbocycles. The van der Waals surface area contributed by atoms with Crippen LogP contribution in [0.25, 0.3) is 0 Å². The highest BCUT2D eigenvalue weighted by Gasteiger charge is 2.48. The van der Waals surface area contributed by atoms with E-state index in [1.54, 1.807) is 30.3 Å². The number of anilines is 1. The summed E-state index contributed by atoms with van der Waals surface area (Å²) in [4.78, 5) is 43.4. The van der Waals surface area contributed by atoms with E-state index in [9.17, 15) is 31.9 Å². The second-order valence-corrected chi connectivity index (χ2v) is 9.32. The van der Waals surface area contributed by atoms with Crippen molar-refractivity contribution in [2.24, 2.45) is 0 Å². The van der Waals surface area contributed by atoms with E-state index in [0.717, 1.165) is 11.0 Å². The molecule has 1 fully saturated rings. The van der Waals surface area contributed by atoms with Crippen molar-refractivity contribution in [1.82, 2.24) is 20.5 Å². The molecule has 14 heteroatoms. The fraction of sp³-hybridized carbons (Fsp3) is 0.286. The van der Waals surface area contributed by atoms with E-state index in [1.807, 2.05) is 5.32 Å². The normalized spacial score (nSPS) is 16.4. The molecule has 1 aliphatic heterocycles. The maximum absolute atomic E-state index is 14.0. The van der Waals surface area contributed by atoms with Gasteiger partial charge in [-0.15, -0.1) is 0 Å². The van der Waals surface area contributed by atoms with Crippen LogP contribution in [0.15, 0.2) is 72.9 Å². The van der Waals surface area contributed by atoms with Crippen molar-refractivity contribution in [1.29, 1.82) is 0 Å². The number of urea groups is 1. The van der Waals surface area contributed by atoms with Gasteiger partial charge < -0.3 is 30.3 Å². The molecule has 42 heavy (non-hydrogen) atoms. The maximum atomic E-state index is 14.0. The molecule has 4 rings (SSSR count). The third-order valence-electron chi connectivity index (χ3n) is 6.37. The largest absolute Gasteiger partial charge is 0.445 e. The second-order valence-electron chi connectivity index (χ2n) is 9.32. The van der Waals surface area contributed by atoms with Crippen LogP contribution in [0.1, 0.15) is 28.8 Å². The van der Waals surface area contributed by atoms with Gasteiger partial charge in [-0.1, -0.05) is 42.5 Å². The van der Waals surface area contributed by atoms with Gasteiger partial charge in [0.05, 0.1) is 19.2 Å². The van der Waals surface area contributed by atoms with Crippen molar-refractivity contribution >= 4 is 23.8 Å². The van der Waals surface area contributed by atoms with Crippen molar-refractivity contribution in [3.8, 4) is 0 Å². The van der Waals surface area contributed by atoms with Crippen LogP contribution in [0, 0.1) is 5.82 Å². The molecule has 0 unspecified atom stereocenters. The highest BCUT2D eigenvalue weighted by molar-refractivity contribution is 5.96. The number of ether oxygens (including phenoxy) is 2. The zero-order chi connectivity index (χ0) is 30.3. The van der Waals surface area contributed by atoms with Crippen LogP contribution in [0.5, 0.6) is 0 Å². The van der Waals surface area contributed by atoms with E-state index in [4.69, 9.17) is 9.47 Å². The molecule has 0 saturated carbocycles. The van der Waals surface area contributed by atoms with E-state index in [0.29, 0.717) is 11.1 Å². The highest BCUT2D eigenvalue weighted by Crippen LogP contribution is 2.31. The predicted molar refractivity (Wildman–Crippen MR) is 141 cm³/mol. The van der Waals surface area contributed by atoms with Crippen LogP contribution in [-0.4, -0.2) is 60.4 Å². The molecule has 0 radical (unpaired) electrons. The molecule has 10 nitrogen and oxygen atoms in total. The lowest BCUT2D eigenvalue weighted by Crippen LogP contribution is -2.40. The number of alkyl halides is 3. The van der Waals surface area contributed by atoms with Gasteiger partial charge in [-0.3, -0.25) is 4.79 Å². The number of methoxy groups -OCH3 is 1. The van der Waals surface area contributed by atoms with Gasteiger partial charge in [0.1, 0.15) is 30.3 Å². The van der Waals surface area contributed by atoms with Crippen molar-refractivity contribution in [2.45, 2.75) is 30.9 Å². The number of pyridine rings is 1. The smallest absolute Gasteiger partial charge is 0.410 e. The number of rotatable bonds is 10. The van der Waals surface area contributed by atoms with E-state index in [2.05, 4.69) is 15.6 Å². The van der Waals surface area contributed by atoms with Gasteiger partial charge in [0, 0.05) is 13.3 Å². The van der Waals surface area contributed by atoms with E-state index in [-0.39, 0.29) is 24.6 Å². The molecule has 1 aliphatic rings. The summed E-state index contributed by atoms with van der Waals surface area (Å²) in [5, 5.41) is 6.87. The molecule has 0 bridgehead atoms.